The summed E-state index contributed by atoms with van der Waals surface area (Å²) in [5.74, 6) is -0.286. The molecule has 0 bridgehead atoms. The summed E-state index contributed by atoms with van der Waals surface area (Å²) in [6.07, 6.45) is 0.980. The zero-order chi connectivity index (χ0) is 13.5. The summed E-state index contributed by atoms with van der Waals surface area (Å²) >= 11 is 0. The SMILES string of the molecule is Cc1cc(C(=O)NCCCC#N)ccc1[N+](=O)[O-]. The molecule has 94 valence electrons. The first kappa shape index (κ1) is 13.6. The van der Waals surface area contributed by atoms with Gasteiger partial charge in [0.15, 0.2) is 0 Å². The van der Waals surface area contributed by atoms with Crippen LogP contribution < -0.4 is 5.32 Å². The molecular formula is C12H13N3O3. The summed E-state index contributed by atoms with van der Waals surface area (Å²) in [5, 5.41) is 21.6. The number of unbranched alkanes of at least 4 members (excludes halogenated alkanes) is 1. The summed E-state index contributed by atoms with van der Waals surface area (Å²) in [6, 6.07) is 6.21. The molecule has 0 fully saturated rings. The van der Waals surface area contributed by atoms with Crippen molar-refractivity contribution in [1.29, 1.82) is 5.26 Å². The van der Waals surface area contributed by atoms with Crippen LogP contribution in [0.15, 0.2) is 18.2 Å². The van der Waals surface area contributed by atoms with Gasteiger partial charge in [0.2, 0.25) is 0 Å². The number of nitrogens with zero attached hydrogens (tertiary/aromatic N) is 2. The minimum absolute atomic E-state index is 0.00368. The van der Waals surface area contributed by atoms with E-state index in [2.05, 4.69) is 5.32 Å². The molecule has 0 saturated carbocycles. The van der Waals surface area contributed by atoms with Gasteiger partial charge in [-0.2, -0.15) is 5.26 Å². The minimum atomic E-state index is -0.482. The second-order valence-corrected chi connectivity index (χ2v) is 3.78. The fraction of sp³-hybridized carbons (Fsp3) is 0.333. The van der Waals surface area contributed by atoms with Crippen molar-refractivity contribution in [3.8, 4) is 6.07 Å². The first-order chi connectivity index (χ1) is 8.56. The average Bonchev–Trinajstić information content (AvgIpc) is 2.33. The number of carbonyl (C=O) groups excluding carboxylic acids is 1. The van der Waals surface area contributed by atoms with Crippen molar-refractivity contribution < 1.29 is 9.72 Å². The van der Waals surface area contributed by atoms with Gasteiger partial charge in [0.25, 0.3) is 11.6 Å². The summed E-state index contributed by atoms with van der Waals surface area (Å²) in [7, 11) is 0. The number of nitriles is 1. The number of nitro groups is 1. The average molecular weight is 247 g/mol. The number of aryl methyl sites for hydroxylation is 1. The predicted octanol–water partition coefficient (Wildman–Crippen LogP) is 1.94. The van der Waals surface area contributed by atoms with E-state index < -0.39 is 4.92 Å². The highest BCUT2D eigenvalue weighted by atomic mass is 16.6. The number of nitrogens with one attached hydrogen (secondary N) is 1. The van der Waals surface area contributed by atoms with E-state index in [-0.39, 0.29) is 11.6 Å². The van der Waals surface area contributed by atoms with E-state index in [9.17, 15) is 14.9 Å². The third kappa shape index (κ3) is 3.56. The van der Waals surface area contributed by atoms with E-state index >= 15 is 0 Å². The van der Waals surface area contributed by atoms with E-state index in [0.717, 1.165) is 0 Å². The quantitative estimate of drug-likeness (QED) is 0.488. The third-order valence-corrected chi connectivity index (χ3v) is 2.41. The molecule has 0 heterocycles. The van der Waals surface area contributed by atoms with Gasteiger partial charge in [-0.3, -0.25) is 14.9 Å². The maximum Gasteiger partial charge on any atom is 0.272 e. The van der Waals surface area contributed by atoms with Crippen LogP contribution in [-0.2, 0) is 0 Å². The van der Waals surface area contributed by atoms with Gasteiger partial charge in [0.1, 0.15) is 0 Å². The topological polar surface area (TPSA) is 96.0 Å². The molecule has 0 atom stereocenters. The Kier molecular flexibility index (Phi) is 4.81. The third-order valence-electron chi connectivity index (χ3n) is 2.41. The number of benzene rings is 1. The maximum atomic E-state index is 11.7. The number of hydrogen-bond donors (Lipinski definition) is 1. The van der Waals surface area contributed by atoms with Gasteiger partial charge in [-0.25, -0.2) is 0 Å². The molecule has 1 aromatic carbocycles. The Balaban J connectivity index is 2.67. The lowest BCUT2D eigenvalue weighted by Crippen LogP contribution is -2.24. The molecule has 0 radical (unpaired) electrons. The van der Waals surface area contributed by atoms with Crippen molar-refractivity contribution in [3.63, 3.8) is 0 Å². The zero-order valence-corrected chi connectivity index (χ0v) is 9.97. The molecule has 1 rings (SSSR count). The molecule has 18 heavy (non-hydrogen) atoms. The minimum Gasteiger partial charge on any atom is -0.352 e. The lowest BCUT2D eigenvalue weighted by Gasteiger charge is -2.05. The zero-order valence-electron chi connectivity index (χ0n) is 9.97. The van der Waals surface area contributed by atoms with Crippen molar-refractivity contribution in [1.82, 2.24) is 5.32 Å². The Labute approximate surface area is 104 Å². The maximum absolute atomic E-state index is 11.7. The number of rotatable bonds is 5. The van der Waals surface area contributed by atoms with E-state index in [4.69, 9.17) is 5.26 Å². The van der Waals surface area contributed by atoms with Gasteiger partial charge < -0.3 is 5.32 Å². The molecule has 0 unspecified atom stereocenters. The monoisotopic (exact) mass is 247 g/mol. The smallest absolute Gasteiger partial charge is 0.272 e. The van der Waals surface area contributed by atoms with Crippen LogP contribution >= 0.6 is 0 Å². The Morgan fingerprint density at radius 2 is 2.28 bits per heavy atom. The molecule has 0 spiro atoms. The van der Waals surface area contributed by atoms with Crippen molar-refractivity contribution >= 4 is 11.6 Å². The van der Waals surface area contributed by atoms with Crippen molar-refractivity contribution in [2.75, 3.05) is 6.54 Å². The van der Waals surface area contributed by atoms with Crippen LogP contribution in [0, 0.1) is 28.4 Å². The van der Waals surface area contributed by atoms with Gasteiger partial charge in [-0.15, -0.1) is 0 Å². The van der Waals surface area contributed by atoms with E-state index in [0.29, 0.717) is 30.5 Å². The molecule has 0 aromatic heterocycles. The molecule has 0 saturated heterocycles. The first-order valence-corrected chi connectivity index (χ1v) is 5.46. The molecule has 1 amide bonds. The number of hydrogen-bond acceptors (Lipinski definition) is 4. The first-order valence-electron chi connectivity index (χ1n) is 5.46. The van der Waals surface area contributed by atoms with Crippen LogP contribution in [0.25, 0.3) is 0 Å². The predicted molar refractivity (Wildman–Crippen MR) is 65.0 cm³/mol. The van der Waals surface area contributed by atoms with Gasteiger partial charge in [-0.1, -0.05) is 0 Å². The fourth-order valence-corrected chi connectivity index (χ4v) is 1.47. The Morgan fingerprint density at radius 3 is 2.83 bits per heavy atom. The van der Waals surface area contributed by atoms with Crippen molar-refractivity contribution in [2.24, 2.45) is 0 Å². The standard InChI is InChI=1S/C12H13N3O3/c1-9-8-10(4-5-11(9)15(17)18)12(16)14-7-3-2-6-13/h4-5,8H,2-3,7H2,1H3,(H,14,16). The lowest BCUT2D eigenvalue weighted by atomic mass is 10.1. The number of nitro benzene ring substituents is 1. The van der Waals surface area contributed by atoms with Gasteiger partial charge in [0, 0.05) is 30.2 Å². The van der Waals surface area contributed by atoms with Crippen LogP contribution in [0.3, 0.4) is 0 Å². The molecule has 1 N–H and O–H groups in total. The fourth-order valence-electron chi connectivity index (χ4n) is 1.47. The Morgan fingerprint density at radius 1 is 1.56 bits per heavy atom. The Bertz CT molecular complexity index is 506. The highest BCUT2D eigenvalue weighted by Gasteiger charge is 2.13. The molecule has 6 nitrogen and oxygen atoms in total. The van der Waals surface area contributed by atoms with Crippen LogP contribution in [-0.4, -0.2) is 17.4 Å². The molecule has 0 aliphatic carbocycles. The molecule has 0 aliphatic heterocycles. The van der Waals surface area contributed by atoms with Crippen LogP contribution in [0.1, 0.15) is 28.8 Å². The molecular weight excluding hydrogens is 234 g/mol. The second-order valence-electron chi connectivity index (χ2n) is 3.78. The van der Waals surface area contributed by atoms with Crippen LogP contribution in [0.5, 0.6) is 0 Å². The molecule has 0 aliphatic rings. The van der Waals surface area contributed by atoms with E-state index in [1.54, 1.807) is 6.92 Å². The van der Waals surface area contributed by atoms with Gasteiger partial charge >= 0.3 is 0 Å². The second kappa shape index (κ2) is 6.35. The summed E-state index contributed by atoms with van der Waals surface area (Å²) in [6.45, 7) is 2.01. The normalized spacial score (nSPS) is 9.56. The molecule has 6 heteroatoms. The van der Waals surface area contributed by atoms with Crippen LogP contribution in [0.2, 0.25) is 0 Å². The van der Waals surface area contributed by atoms with E-state index in [1.807, 2.05) is 6.07 Å². The number of carbonyl (C=O) groups is 1. The highest BCUT2D eigenvalue weighted by Crippen LogP contribution is 2.18. The van der Waals surface area contributed by atoms with Crippen molar-refractivity contribution in [3.05, 3.63) is 39.4 Å². The van der Waals surface area contributed by atoms with Gasteiger partial charge in [0.05, 0.1) is 11.0 Å². The lowest BCUT2D eigenvalue weighted by molar-refractivity contribution is -0.385. The number of amides is 1. The van der Waals surface area contributed by atoms with Gasteiger partial charge in [-0.05, 0) is 25.5 Å². The molecule has 1 aromatic rings. The summed E-state index contributed by atoms with van der Waals surface area (Å²) < 4.78 is 0. The van der Waals surface area contributed by atoms with Crippen molar-refractivity contribution in [2.45, 2.75) is 19.8 Å². The summed E-state index contributed by atoms with van der Waals surface area (Å²) in [5.41, 5.74) is 0.829. The highest BCUT2D eigenvalue weighted by molar-refractivity contribution is 5.94. The van der Waals surface area contributed by atoms with Crippen LogP contribution in [0.4, 0.5) is 5.69 Å². The van der Waals surface area contributed by atoms with E-state index in [1.165, 1.54) is 18.2 Å². The Hall–Kier alpha value is -2.42. The summed E-state index contributed by atoms with van der Waals surface area (Å²) in [4.78, 5) is 21.8. The largest absolute Gasteiger partial charge is 0.352 e.